The Morgan fingerprint density at radius 3 is 2.50 bits per heavy atom. The van der Waals surface area contributed by atoms with Gasteiger partial charge in [-0.25, -0.2) is 0 Å². The summed E-state index contributed by atoms with van der Waals surface area (Å²) in [6.07, 6.45) is 1.44. The van der Waals surface area contributed by atoms with E-state index < -0.39 is 5.91 Å². The Kier molecular flexibility index (Phi) is 6.30. The molecule has 0 unspecified atom stereocenters. The Morgan fingerprint density at radius 2 is 1.86 bits per heavy atom. The first-order valence-electron chi connectivity index (χ1n) is 8.48. The standard InChI is InChI=1S/C22H17BrN2O3/c1-27-19-8-2-15(3-9-19)14-25-22(26)17(13-24)12-20-10-11-21(28-20)16-4-6-18(23)7-5-16/h2-12H,14H2,1H3,(H,25,26). The number of hydrogen-bond acceptors (Lipinski definition) is 4. The average Bonchev–Trinajstić information content (AvgIpc) is 3.19. The van der Waals surface area contributed by atoms with Gasteiger partial charge in [0.15, 0.2) is 0 Å². The van der Waals surface area contributed by atoms with E-state index in [0.717, 1.165) is 21.3 Å². The smallest absolute Gasteiger partial charge is 0.262 e. The van der Waals surface area contributed by atoms with E-state index in [1.54, 1.807) is 19.2 Å². The molecule has 28 heavy (non-hydrogen) atoms. The largest absolute Gasteiger partial charge is 0.497 e. The van der Waals surface area contributed by atoms with Gasteiger partial charge in [-0.15, -0.1) is 0 Å². The molecule has 6 heteroatoms. The van der Waals surface area contributed by atoms with Crippen molar-refractivity contribution in [2.24, 2.45) is 0 Å². The van der Waals surface area contributed by atoms with E-state index in [1.807, 2.05) is 54.6 Å². The lowest BCUT2D eigenvalue weighted by Gasteiger charge is -2.05. The summed E-state index contributed by atoms with van der Waals surface area (Å²) in [6, 6.07) is 20.5. The van der Waals surface area contributed by atoms with Crippen LogP contribution in [0.4, 0.5) is 0 Å². The fraction of sp³-hybridized carbons (Fsp3) is 0.0909. The first kappa shape index (κ1) is 19.5. The van der Waals surface area contributed by atoms with Gasteiger partial charge in [0.05, 0.1) is 7.11 Å². The Labute approximate surface area is 171 Å². The van der Waals surface area contributed by atoms with E-state index in [9.17, 15) is 10.1 Å². The van der Waals surface area contributed by atoms with E-state index in [0.29, 0.717) is 18.1 Å². The molecule has 0 aliphatic heterocycles. The first-order valence-corrected chi connectivity index (χ1v) is 9.27. The molecule has 5 nitrogen and oxygen atoms in total. The molecule has 0 saturated heterocycles. The second-order valence-electron chi connectivity index (χ2n) is 5.91. The maximum atomic E-state index is 12.3. The van der Waals surface area contributed by atoms with Crippen LogP contribution in [0.2, 0.25) is 0 Å². The van der Waals surface area contributed by atoms with Gasteiger partial charge in [0.25, 0.3) is 5.91 Å². The van der Waals surface area contributed by atoms with Gasteiger partial charge in [-0.2, -0.15) is 5.26 Å². The van der Waals surface area contributed by atoms with Gasteiger partial charge in [0.2, 0.25) is 0 Å². The molecule has 3 aromatic rings. The molecule has 1 heterocycles. The van der Waals surface area contributed by atoms with E-state index in [1.165, 1.54) is 6.08 Å². The van der Waals surface area contributed by atoms with Gasteiger partial charge in [-0.3, -0.25) is 4.79 Å². The molecule has 1 amide bonds. The quantitative estimate of drug-likeness (QED) is 0.438. The van der Waals surface area contributed by atoms with Gasteiger partial charge in [0, 0.05) is 22.7 Å². The lowest BCUT2D eigenvalue weighted by Crippen LogP contribution is -2.23. The van der Waals surface area contributed by atoms with Crippen LogP contribution in [0, 0.1) is 11.3 Å². The highest BCUT2D eigenvalue weighted by atomic mass is 79.9. The van der Waals surface area contributed by atoms with Crippen molar-refractivity contribution in [2.45, 2.75) is 6.54 Å². The Morgan fingerprint density at radius 1 is 1.14 bits per heavy atom. The van der Waals surface area contributed by atoms with Crippen LogP contribution in [0.25, 0.3) is 17.4 Å². The summed E-state index contributed by atoms with van der Waals surface area (Å²) in [4.78, 5) is 12.3. The number of halogens is 1. The molecule has 0 aliphatic carbocycles. The number of carbonyl (C=O) groups is 1. The fourth-order valence-corrected chi connectivity index (χ4v) is 2.78. The monoisotopic (exact) mass is 436 g/mol. The molecule has 0 radical (unpaired) electrons. The number of nitrogens with zero attached hydrogens (tertiary/aromatic N) is 1. The summed E-state index contributed by atoms with van der Waals surface area (Å²) in [5.74, 6) is 1.38. The van der Waals surface area contributed by atoms with Crippen LogP contribution in [-0.4, -0.2) is 13.0 Å². The van der Waals surface area contributed by atoms with E-state index in [2.05, 4.69) is 21.2 Å². The summed E-state index contributed by atoms with van der Waals surface area (Å²) < 4.78 is 11.8. The third-order valence-electron chi connectivity index (χ3n) is 4.02. The van der Waals surface area contributed by atoms with Crippen LogP contribution in [0.15, 0.2) is 75.1 Å². The number of amides is 1. The molecule has 1 N–H and O–H groups in total. The number of furan rings is 1. The number of ether oxygens (including phenoxy) is 1. The van der Waals surface area contributed by atoms with Crippen LogP contribution in [0.3, 0.4) is 0 Å². The van der Waals surface area contributed by atoms with Crippen LogP contribution < -0.4 is 10.1 Å². The molecular formula is C22H17BrN2O3. The van der Waals surface area contributed by atoms with Crippen LogP contribution >= 0.6 is 15.9 Å². The molecule has 0 aliphatic rings. The van der Waals surface area contributed by atoms with Crippen molar-refractivity contribution in [2.75, 3.05) is 7.11 Å². The number of methoxy groups -OCH3 is 1. The van der Waals surface area contributed by atoms with Gasteiger partial charge in [-0.1, -0.05) is 40.2 Å². The predicted octanol–water partition coefficient (Wildman–Crippen LogP) is 4.94. The number of carbonyl (C=O) groups excluding carboxylic acids is 1. The minimum Gasteiger partial charge on any atom is -0.497 e. The minimum atomic E-state index is -0.458. The summed E-state index contributed by atoms with van der Waals surface area (Å²) in [7, 11) is 1.59. The molecule has 0 saturated carbocycles. The molecule has 2 aromatic carbocycles. The molecular weight excluding hydrogens is 420 g/mol. The van der Waals surface area contributed by atoms with Crippen molar-refractivity contribution >= 4 is 27.9 Å². The Bertz CT molecular complexity index is 1030. The number of nitrogens with one attached hydrogen (secondary N) is 1. The van der Waals surface area contributed by atoms with Crippen LogP contribution in [-0.2, 0) is 11.3 Å². The highest BCUT2D eigenvalue weighted by Gasteiger charge is 2.11. The number of benzene rings is 2. The van der Waals surface area contributed by atoms with Gasteiger partial charge in [0.1, 0.15) is 28.9 Å². The highest BCUT2D eigenvalue weighted by molar-refractivity contribution is 9.10. The van der Waals surface area contributed by atoms with E-state index in [4.69, 9.17) is 9.15 Å². The Hall–Kier alpha value is -3.30. The maximum absolute atomic E-state index is 12.3. The molecule has 0 bridgehead atoms. The zero-order valence-electron chi connectivity index (χ0n) is 15.1. The molecule has 0 fully saturated rings. The average molecular weight is 437 g/mol. The van der Waals surface area contributed by atoms with Crippen molar-refractivity contribution in [3.8, 4) is 23.1 Å². The van der Waals surface area contributed by atoms with Crippen molar-refractivity contribution in [3.63, 3.8) is 0 Å². The van der Waals surface area contributed by atoms with Gasteiger partial charge < -0.3 is 14.5 Å². The van der Waals surface area contributed by atoms with Crippen molar-refractivity contribution in [1.29, 1.82) is 5.26 Å². The minimum absolute atomic E-state index is 0.0229. The third-order valence-corrected chi connectivity index (χ3v) is 4.55. The normalized spacial score (nSPS) is 11.0. The summed E-state index contributed by atoms with van der Waals surface area (Å²) in [5, 5.41) is 12.1. The zero-order chi connectivity index (χ0) is 19.9. The van der Waals surface area contributed by atoms with Gasteiger partial charge >= 0.3 is 0 Å². The zero-order valence-corrected chi connectivity index (χ0v) is 16.7. The predicted molar refractivity (Wildman–Crippen MR) is 110 cm³/mol. The number of hydrogen-bond donors (Lipinski definition) is 1. The number of nitriles is 1. The maximum Gasteiger partial charge on any atom is 0.262 e. The molecule has 0 spiro atoms. The van der Waals surface area contributed by atoms with Crippen molar-refractivity contribution in [1.82, 2.24) is 5.32 Å². The lowest BCUT2D eigenvalue weighted by atomic mass is 10.2. The van der Waals surface area contributed by atoms with Crippen LogP contribution in [0.5, 0.6) is 5.75 Å². The molecule has 1 aromatic heterocycles. The molecule has 140 valence electrons. The fourth-order valence-electron chi connectivity index (χ4n) is 2.51. The van der Waals surface area contributed by atoms with E-state index >= 15 is 0 Å². The van der Waals surface area contributed by atoms with Gasteiger partial charge in [-0.05, 0) is 42.0 Å². The van der Waals surface area contributed by atoms with Crippen molar-refractivity contribution < 1.29 is 13.9 Å². The lowest BCUT2D eigenvalue weighted by molar-refractivity contribution is -0.117. The second kappa shape index (κ2) is 9.07. The third kappa shape index (κ3) is 4.90. The molecule has 0 atom stereocenters. The highest BCUT2D eigenvalue weighted by Crippen LogP contribution is 2.25. The number of rotatable bonds is 6. The second-order valence-corrected chi connectivity index (χ2v) is 6.83. The van der Waals surface area contributed by atoms with Crippen molar-refractivity contribution in [3.05, 3.63) is 82.0 Å². The molecule has 3 rings (SSSR count). The summed E-state index contributed by atoms with van der Waals surface area (Å²) >= 11 is 3.39. The SMILES string of the molecule is COc1ccc(CNC(=O)C(C#N)=Cc2ccc(-c3ccc(Br)cc3)o2)cc1. The Balaban J connectivity index is 1.68. The topological polar surface area (TPSA) is 75.3 Å². The van der Waals surface area contributed by atoms with E-state index in [-0.39, 0.29) is 5.57 Å². The summed E-state index contributed by atoms with van der Waals surface area (Å²) in [6.45, 7) is 0.310. The first-order chi connectivity index (χ1) is 13.6. The van der Waals surface area contributed by atoms with Crippen LogP contribution in [0.1, 0.15) is 11.3 Å². The summed E-state index contributed by atoms with van der Waals surface area (Å²) in [5.41, 5.74) is 1.79.